The molecule has 0 amide bonds. The van der Waals surface area contributed by atoms with Crippen LogP contribution < -0.4 is 5.32 Å². The molecule has 1 aliphatic heterocycles. The molecule has 26 heavy (non-hydrogen) atoms. The van der Waals surface area contributed by atoms with Gasteiger partial charge in [-0.25, -0.2) is 0 Å². The van der Waals surface area contributed by atoms with Crippen molar-refractivity contribution in [2.75, 3.05) is 18.4 Å². The Morgan fingerprint density at radius 3 is 2.50 bits per heavy atom. The number of nitrogens with zero attached hydrogens (tertiary/aromatic N) is 4. The molecule has 1 aromatic carbocycles. The van der Waals surface area contributed by atoms with Gasteiger partial charge in [0.1, 0.15) is 5.69 Å². The summed E-state index contributed by atoms with van der Waals surface area (Å²) < 4.78 is 0. The topological polar surface area (TPSA) is 53.9 Å². The number of nitrogens with one attached hydrogen (secondary N) is 1. The van der Waals surface area contributed by atoms with E-state index in [-0.39, 0.29) is 0 Å². The zero-order valence-electron chi connectivity index (χ0n) is 14.8. The van der Waals surface area contributed by atoms with Crippen molar-refractivity contribution in [3.05, 3.63) is 59.8 Å². The van der Waals surface area contributed by atoms with Crippen LogP contribution in [0.15, 0.2) is 48.7 Å². The molecular weight excluding hydrogens is 342 g/mol. The average Bonchev–Trinajstić information content (AvgIpc) is 3.18. The predicted molar refractivity (Wildman–Crippen MR) is 106 cm³/mol. The first-order valence-corrected chi connectivity index (χ1v) is 9.97. The van der Waals surface area contributed by atoms with Gasteiger partial charge in [0.25, 0.3) is 0 Å². The molecule has 4 rings (SSSR count). The van der Waals surface area contributed by atoms with E-state index in [1.807, 2.05) is 18.2 Å². The maximum atomic E-state index is 4.31. The molecule has 0 unspecified atom stereocenters. The molecule has 134 valence electrons. The minimum Gasteiger partial charge on any atom is -0.356 e. The third-order valence-electron chi connectivity index (χ3n) is 4.63. The van der Waals surface area contributed by atoms with Crippen LogP contribution in [0.1, 0.15) is 30.4 Å². The number of piperidine rings is 1. The maximum absolute atomic E-state index is 4.31. The molecule has 3 heterocycles. The van der Waals surface area contributed by atoms with Crippen LogP contribution in [0, 0.1) is 0 Å². The third kappa shape index (κ3) is 4.45. The summed E-state index contributed by atoms with van der Waals surface area (Å²) in [5, 5.41) is 13.4. The van der Waals surface area contributed by atoms with E-state index in [4.69, 9.17) is 0 Å². The highest BCUT2D eigenvalue weighted by Gasteiger charge is 2.10. The molecule has 0 radical (unpaired) electrons. The lowest BCUT2D eigenvalue weighted by molar-refractivity contribution is 0.221. The van der Waals surface area contributed by atoms with Crippen LogP contribution in [0.4, 0.5) is 5.13 Å². The van der Waals surface area contributed by atoms with Gasteiger partial charge in [-0.3, -0.25) is 9.88 Å². The normalized spacial score (nSPS) is 15.1. The largest absolute Gasteiger partial charge is 0.356 e. The van der Waals surface area contributed by atoms with Gasteiger partial charge in [0.2, 0.25) is 5.13 Å². The first-order chi connectivity index (χ1) is 12.9. The summed E-state index contributed by atoms with van der Waals surface area (Å²) in [5.74, 6) is 0. The summed E-state index contributed by atoms with van der Waals surface area (Å²) in [7, 11) is 0. The molecule has 1 saturated heterocycles. The second-order valence-corrected chi connectivity index (χ2v) is 7.61. The lowest BCUT2D eigenvalue weighted by Gasteiger charge is -2.26. The molecule has 1 aliphatic rings. The van der Waals surface area contributed by atoms with Crippen molar-refractivity contribution in [3.8, 4) is 10.7 Å². The zero-order valence-corrected chi connectivity index (χ0v) is 15.6. The number of rotatable bonds is 6. The molecule has 6 heteroatoms. The van der Waals surface area contributed by atoms with Crippen molar-refractivity contribution in [2.24, 2.45) is 0 Å². The summed E-state index contributed by atoms with van der Waals surface area (Å²) in [6.07, 6.45) is 5.83. The molecule has 0 atom stereocenters. The van der Waals surface area contributed by atoms with Crippen molar-refractivity contribution >= 4 is 16.5 Å². The lowest BCUT2D eigenvalue weighted by Crippen LogP contribution is -2.29. The summed E-state index contributed by atoms with van der Waals surface area (Å²) in [5.41, 5.74) is 3.51. The van der Waals surface area contributed by atoms with Gasteiger partial charge in [0.05, 0.1) is 0 Å². The van der Waals surface area contributed by atoms with Gasteiger partial charge >= 0.3 is 0 Å². The molecule has 1 fully saturated rings. The number of aromatic nitrogens is 3. The second kappa shape index (κ2) is 8.38. The molecule has 0 bridgehead atoms. The molecule has 5 nitrogen and oxygen atoms in total. The Labute approximate surface area is 158 Å². The van der Waals surface area contributed by atoms with E-state index in [2.05, 4.69) is 49.7 Å². The minimum atomic E-state index is 0.751. The number of hydrogen-bond acceptors (Lipinski definition) is 6. The van der Waals surface area contributed by atoms with Crippen molar-refractivity contribution in [3.63, 3.8) is 0 Å². The Hall–Kier alpha value is -2.31. The van der Waals surface area contributed by atoms with E-state index in [0.29, 0.717) is 0 Å². The Balaban J connectivity index is 1.31. The van der Waals surface area contributed by atoms with E-state index < -0.39 is 0 Å². The molecule has 0 saturated carbocycles. The molecule has 1 N–H and O–H groups in total. The molecular formula is C20H23N5S. The number of pyridine rings is 1. The fourth-order valence-electron chi connectivity index (χ4n) is 3.20. The summed E-state index contributed by atoms with van der Waals surface area (Å²) >= 11 is 1.53. The van der Waals surface area contributed by atoms with E-state index in [1.165, 1.54) is 54.8 Å². The van der Waals surface area contributed by atoms with Crippen LogP contribution in [-0.4, -0.2) is 33.2 Å². The van der Waals surface area contributed by atoms with Crippen LogP contribution in [0.5, 0.6) is 0 Å². The zero-order chi connectivity index (χ0) is 17.6. The molecule has 2 aromatic heterocycles. The maximum Gasteiger partial charge on any atom is 0.206 e. The fourth-order valence-corrected chi connectivity index (χ4v) is 3.92. The van der Waals surface area contributed by atoms with E-state index in [1.54, 1.807) is 6.20 Å². The highest BCUT2D eigenvalue weighted by molar-refractivity contribution is 7.18. The SMILES string of the molecule is c1ccc(-c2nnc(NCc3ccc(CN4CCCCC4)cc3)s2)nc1. The van der Waals surface area contributed by atoms with Gasteiger partial charge in [0.15, 0.2) is 5.01 Å². The monoisotopic (exact) mass is 365 g/mol. The highest BCUT2D eigenvalue weighted by Crippen LogP contribution is 2.24. The van der Waals surface area contributed by atoms with Gasteiger partial charge in [-0.05, 0) is 49.2 Å². The van der Waals surface area contributed by atoms with Gasteiger partial charge in [-0.15, -0.1) is 10.2 Å². The van der Waals surface area contributed by atoms with Crippen LogP contribution in [0.2, 0.25) is 0 Å². The Morgan fingerprint density at radius 1 is 0.923 bits per heavy atom. The number of anilines is 1. The van der Waals surface area contributed by atoms with Crippen LogP contribution in [0.3, 0.4) is 0 Å². The van der Waals surface area contributed by atoms with Gasteiger partial charge in [0, 0.05) is 19.3 Å². The fraction of sp³-hybridized carbons (Fsp3) is 0.350. The number of benzene rings is 1. The standard InChI is InChI=1S/C20H23N5S/c1-4-12-25(13-5-1)15-17-9-7-16(8-10-17)14-22-20-24-23-19(26-20)18-6-2-3-11-21-18/h2-3,6-11H,1,4-5,12-15H2,(H,22,24). The van der Waals surface area contributed by atoms with Crippen molar-refractivity contribution in [1.82, 2.24) is 20.1 Å². The van der Waals surface area contributed by atoms with Crippen molar-refractivity contribution in [2.45, 2.75) is 32.4 Å². The molecule has 0 spiro atoms. The number of hydrogen-bond donors (Lipinski definition) is 1. The first kappa shape index (κ1) is 17.1. The van der Waals surface area contributed by atoms with E-state index in [0.717, 1.165) is 28.9 Å². The van der Waals surface area contributed by atoms with Gasteiger partial charge in [-0.2, -0.15) is 0 Å². The molecule has 0 aliphatic carbocycles. The smallest absolute Gasteiger partial charge is 0.206 e. The first-order valence-electron chi connectivity index (χ1n) is 9.16. The lowest BCUT2D eigenvalue weighted by atomic mass is 10.1. The Kier molecular flexibility index (Phi) is 5.52. The quantitative estimate of drug-likeness (QED) is 0.709. The van der Waals surface area contributed by atoms with E-state index in [9.17, 15) is 0 Å². The number of likely N-dealkylation sites (tertiary alicyclic amines) is 1. The Bertz CT molecular complexity index is 810. The van der Waals surface area contributed by atoms with Crippen LogP contribution in [0.25, 0.3) is 10.7 Å². The second-order valence-electron chi connectivity index (χ2n) is 6.63. The molecule has 3 aromatic rings. The predicted octanol–water partition coefficient (Wildman–Crippen LogP) is 4.20. The average molecular weight is 366 g/mol. The van der Waals surface area contributed by atoms with Crippen molar-refractivity contribution in [1.29, 1.82) is 0 Å². The summed E-state index contributed by atoms with van der Waals surface area (Å²) in [6, 6.07) is 14.7. The van der Waals surface area contributed by atoms with Crippen LogP contribution in [-0.2, 0) is 13.1 Å². The van der Waals surface area contributed by atoms with Gasteiger partial charge < -0.3 is 5.32 Å². The van der Waals surface area contributed by atoms with E-state index >= 15 is 0 Å². The van der Waals surface area contributed by atoms with Gasteiger partial charge in [-0.1, -0.05) is 48.1 Å². The summed E-state index contributed by atoms with van der Waals surface area (Å²) in [6.45, 7) is 4.29. The van der Waals surface area contributed by atoms with Crippen LogP contribution >= 0.6 is 11.3 Å². The Morgan fingerprint density at radius 2 is 1.73 bits per heavy atom. The third-order valence-corrected chi connectivity index (χ3v) is 5.53. The summed E-state index contributed by atoms with van der Waals surface area (Å²) in [4.78, 5) is 6.87. The minimum absolute atomic E-state index is 0.751. The highest BCUT2D eigenvalue weighted by atomic mass is 32.1. The van der Waals surface area contributed by atoms with Crippen molar-refractivity contribution < 1.29 is 0 Å².